The van der Waals surface area contributed by atoms with Gasteiger partial charge in [-0.15, -0.1) is 0 Å². The van der Waals surface area contributed by atoms with Gasteiger partial charge >= 0.3 is 0 Å². The molecule has 0 atom stereocenters. The summed E-state index contributed by atoms with van der Waals surface area (Å²) < 4.78 is 16.4. The zero-order chi connectivity index (χ0) is 23.2. The van der Waals surface area contributed by atoms with Crippen LogP contribution in [0.2, 0.25) is 0 Å². The van der Waals surface area contributed by atoms with Crippen LogP contribution in [0.5, 0.6) is 5.75 Å². The molecule has 176 valence electrons. The van der Waals surface area contributed by atoms with Crippen molar-refractivity contribution < 1.29 is 23.5 Å². The second-order valence-corrected chi connectivity index (χ2v) is 8.15. The maximum absolute atomic E-state index is 12.8. The number of hydrazone groups is 1. The Labute approximate surface area is 193 Å². The number of fused-ring (bicyclic) bond motifs is 1. The highest BCUT2D eigenvalue weighted by atomic mass is 16.5. The molecule has 0 radical (unpaired) electrons. The number of carbonyl (C=O) groups is 2. The van der Waals surface area contributed by atoms with E-state index in [9.17, 15) is 9.59 Å². The minimum atomic E-state index is -0.306. The molecule has 0 saturated carbocycles. The summed E-state index contributed by atoms with van der Waals surface area (Å²) in [7, 11) is 1.58. The van der Waals surface area contributed by atoms with E-state index in [1.165, 1.54) is 0 Å². The van der Waals surface area contributed by atoms with Gasteiger partial charge < -0.3 is 19.2 Å². The fourth-order valence-corrected chi connectivity index (χ4v) is 4.15. The molecule has 2 aromatic rings. The minimum Gasteiger partial charge on any atom is -0.497 e. The van der Waals surface area contributed by atoms with E-state index in [1.807, 2.05) is 6.92 Å². The molecule has 1 aromatic carbocycles. The highest BCUT2D eigenvalue weighted by Crippen LogP contribution is 2.29. The summed E-state index contributed by atoms with van der Waals surface area (Å²) in [5.74, 6) is 1.21. The normalized spacial score (nSPS) is 17.5. The number of rotatable bonds is 7. The fourth-order valence-electron chi connectivity index (χ4n) is 4.15. The lowest BCUT2D eigenvalue weighted by atomic mass is 9.93. The Morgan fingerprint density at radius 2 is 1.88 bits per heavy atom. The highest BCUT2D eigenvalue weighted by molar-refractivity contribution is 6.07. The molecule has 1 fully saturated rings. The van der Waals surface area contributed by atoms with E-state index in [1.54, 1.807) is 31.4 Å². The van der Waals surface area contributed by atoms with Crippen LogP contribution in [0, 0.1) is 6.92 Å². The van der Waals surface area contributed by atoms with Crippen molar-refractivity contribution in [1.29, 1.82) is 0 Å². The second kappa shape index (κ2) is 10.6. The van der Waals surface area contributed by atoms with E-state index < -0.39 is 0 Å². The number of morpholine rings is 1. The van der Waals surface area contributed by atoms with Gasteiger partial charge in [-0.05, 0) is 44.0 Å². The molecule has 2 amide bonds. The zero-order valence-corrected chi connectivity index (χ0v) is 19.1. The number of carbonyl (C=O) groups excluding carboxylic acids is 2. The number of nitrogens with zero attached hydrogens (tertiary/aromatic N) is 2. The van der Waals surface area contributed by atoms with Crippen LogP contribution in [-0.4, -0.2) is 68.9 Å². The minimum absolute atomic E-state index is 0.225. The summed E-state index contributed by atoms with van der Waals surface area (Å²) in [5, 5.41) is 7.33. The van der Waals surface area contributed by atoms with Crippen molar-refractivity contribution >= 4 is 17.5 Å². The Kier molecular flexibility index (Phi) is 7.41. The van der Waals surface area contributed by atoms with Crippen molar-refractivity contribution in [2.75, 3.05) is 46.5 Å². The SMILES string of the molecule is COc1ccc(C(=O)N/N=C2\CCCc3oc(C(=O)NCCN4CCOCC4)c(C)c32)cc1. The third-order valence-corrected chi connectivity index (χ3v) is 5.99. The largest absolute Gasteiger partial charge is 0.497 e. The third kappa shape index (κ3) is 5.43. The monoisotopic (exact) mass is 454 g/mol. The number of hydrogen-bond donors (Lipinski definition) is 2. The maximum Gasteiger partial charge on any atom is 0.287 e. The van der Waals surface area contributed by atoms with Gasteiger partial charge in [0.1, 0.15) is 11.5 Å². The summed E-state index contributed by atoms with van der Waals surface area (Å²) >= 11 is 0. The topological polar surface area (TPSA) is 105 Å². The first-order chi connectivity index (χ1) is 16.1. The summed E-state index contributed by atoms with van der Waals surface area (Å²) in [6, 6.07) is 6.82. The molecule has 9 heteroatoms. The van der Waals surface area contributed by atoms with Crippen LogP contribution < -0.4 is 15.5 Å². The fraction of sp³-hybridized carbons (Fsp3) is 0.458. The molecular formula is C24H30N4O5. The average molecular weight is 455 g/mol. The molecule has 9 nitrogen and oxygen atoms in total. The van der Waals surface area contributed by atoms with Gasteiger partial charge in [-0.2, -0.15) is 5.10 Å². The lowest BCUT2D eigenvalue weighted by Crippen LogP contribution is -2.41. The Balaban J connectivity index is 1.41. The number of ether oxygens (including phenoxy) is 2. The summed E-state index contributed by atoms with van der Waals surface area (Å²) in [6.45, 7) is 6.41. The summed E-state index contributed by atoms with van der Waals surface area (Å²) in [5.41, 5.74) is 5.43. The first-order valence-electron chi connectivity index (χ1n) is 11.3. The average Bonchev–Trinajstić information content (AvgIpc) is 3.20. The molecule has 33 heavy (non-hydrogen) atoms. The van der Waals surface area contributed by atoms with Gasteiger partial charge in [-0.3, -0.25) is 14.5 Å². The smallest absolute Gasteiger partial charge is 0.287 e. The molecule has 0 unspecified atom stereocenters. The van der Waals surface area contributed by atoms with Crippen molar-refractivity contribution in [1.82, 2.24) is 15.6 Å². The molecule has 1 saturated heterocycles. The van der Waals surface area contributed by atoms with E-state index in [0.29, 0.717) is 30.0 Å². The Hall–Kier alpha value is -3.17. The van der Waals surface area contributed by atoms with Crippen molar-refractivity contribution in [3.8, 4) is 5.75 Å². The first-order valence-corrected chi connectivity index (χ1v) is 11.3. The highest BCUT2D eigenvalue weighted by Gasteiger charge is 2.28. The third-order valence-electron chi connectivity index (χ3n) is 5.99. The number of aryl methyl sites for hydroxylation is 1. The van der Waals surface area contributed by atoms with Crippen molar-refractivity contribution in [2.45, 2.75) is 26.2 Å². The van der Waals surface area contributed by atoms with Gasteiger partial charge in [0.05, 0.1) is 26.0 Å². The molecule has 0 spiro atoms. The van der Waals surface area contributed by atoms with Crippen LogP contribution in [0.1, 0.15) is 50.6 Å². The van der Waals surface area contributed by atoms with Gasteiger partial charge in [0, 0.05) is 49.3 Å². The van der Waals surface area contributed by atoms with Gasteiger partial charge in [-0.25, -0.2) is 5.43 Å². The molecule has 1 aromatic heterocycles. The van der Waals surface area contributed by atoms with Crippen LogP contribution in [0.15, 0.2) is 33.8 Å². The summed E-state index contributed by atoms with van der Waals surface area (Å²) in [4.78, 5) is 27.5. The van der Waals surface area contributed by atoms with Crippen LogP contribution in [-0.2, 0) is 11.2 Å². The lowest BCUT2D eigenvalue weighted by Gasteiger charge is -2.26. The maximum atomic E-state index is 12.8. The van der Waals surface area contributed by atoms with E-state index in [-0.39, 0.29) is 11.8 Å². The van der Waals surface area contributed by atoms with E-state index >= 15 is 0 Å². The number of furan rings is 1. The molecule has 2 aliphatic rings. The predicted octanol–water partition coefficient (Wildman–Crippen LogP) is 2.13. The molecule has 1 aliphatic heterocycles. The number of hydrogen-bond acceptors (Lipinski definition) is 7. The second-order valence-electron chi connectivity index (χ2n) is 8.15. The molecule has 1 aliphatic carbocycles. The van der Waals surface area contributed by atoms with Gasteiger partial charge in [0.15, 0.2) is 5.76 Å². The standard InChI is InChI=1S/C24H30N4O5/c1-16-21-19(26-27-23(29)17-6-8-18(31-2)9-7-17)4-3-5-20(21)33-22(16)24(30)25-10-11-28-12-14-32-15-13-28/h6-9H,3-5,10-15H2,1-2H3,(H,25,30)(H,27,29)/b26-19+. The first kappa shape index (κ1) is 23.0. The lowest BCUT2D eigenvalue weighted by molar-refractivity contribution is 0.0382. The molecule has 4 rings (SSSR count). The Bertz CT molecular complexity index is 1020. The zero-order valence-electron chi connectivity index (χ0n) is 19.1. The molecule has 0 bridgehead atoms. The van der Waals surface area contributed by atoms with Crippen LogP contribution in [0.3, 0.4) is 0 Å². The van der Waals surface area contributed by atoms with Crippen LogP contribution in [0.25, 0.3) is 0 Å². The Morgan fingerprint density at radius 1 is 1.12 bits per heavy atom. The van der Waals surface area contributed by atoms with Crippen molar-refractivity contribution in [3.63, 3.8) is 0 Å². The van der Waals surface area contributed by atoms with Crippen LogP contribution in [0.4, 0.5) is 0 Å². The molecule has 2 heterocycles. The number of methoxy groups -OCH3 is 1. The molecule has 2 N–H and O–H groups in total. The molecular weight excluding hydrogens is 424 g/mol. The van der Waals surface area contributed by atoms with Gasteiger partial charge in [0.2, 0.25) is 0 Å². The number of nitrogens with one attached hydrogen (secondary N) is 2. The number of benzene rings is 1. The van der Waals surface area contributed by atoms with Crippen molar-refractivity contribution in [2.24, 2.45) is 5.10 Å². The van der Waals surface area contributed by atoms with E-state index in [4.69, 9.17) is 13.9 Å². The quantitative estimate of drug-likeness (QED) is 0.621. The van der Waals surface area contributed by atoms with Crippen LogP contribution >= 0.6 is 0 Å². The summed E-state index contributed by atoms with van der Waals surface area (Å²) in [6.07, 6.45) is 2.28. The van der Waals surface area contributed by atoms with Gasteiger partial charge in [0.25, 0.3) is 11.8 Å². The van der Waals surface area contributed by atoms with E-state index in [0.717, 1.165) is 68.3 Å². The predicted molar refractivity (Wildman–Crippen MR) is 123 cm³/mol. The van der Waals surface area contributed by atoms with Crippen molar-refractivity contribution in [3.05, 3.63) is 52.5 Å². The van der Waals surface area contributed by atoms with E-state index in [2.05, 4.69) is 20.7 Å². The van der Waals surface area contributed by atoms with Gasteiger partial charge in [-0.1, -0.05) is 0 Å². The number of amides is 2. The Morgan fingerprint density at radius 3 is 2.61 bits per heavy atom.